The van der Waals surface area contributed by atoms with Gasteiger partial charge in [0.15, 0.2) is 0 Å². The van der Waals surface area contributed by atoms with Crippen LogP contribution in [-0.2, 0) is 9.53 Å². The van der Waals surface area contributed by atoms with Gasteiger partial charge < -0.3 is 4.74 Å². The monoisotopic (exact) mass is 333 g/mol. The number of halogens is 1. The Labute approximate surface area is 135 Å². The highest BCUT2D eigenvalue weighted by Crippen LogP contribution is 2.45. The van der Waals surface area contributed by atoms with Crippen molar-refractivity contribution in [3.63, 3.8) is 0 Å². The van der Waals surface area contributed by atoms with E-state index in [-0.39, 0.29) is 17.6 Å². The predicted octanol–water partition coefficient (Wildman–Crippen LogP) is 2.93. The molecule has 1 amide bonds. The smallest absolute Gasteiger partial charge is 0.335 e. The van der Waals surface area contributed by atoms with Gasteiger partial charge in [-0.15, -0.1) is 0 Å². The number of hydrogen-bond donors (Lipinski definition) is 1. The summed E-state index contributed by atoms with van der Waals surface area (Å²) in [5.74, 6) is -0.673. The molecule has 2 aromatic carbocycles. The van der Waals surface area contributed by atoms with Gasteiger partial charge in [0.25, 0.3) is 5.69 Å². The number of amides is 1. The van der Waals surface area contributed by atoms with Crippen molar-refractivity contribution in [1.82, 2.24) is 5.32 Å². The number of nitroso groups, excluding NO2 is 1. The van der Waals surface area contributed by atoms with Gasteiger partial charge in [0.2, 0.25) is 5.91 Å². The molecule has 1 fully saturated rings. The Bertz CT molecular complexity index is 820. The Morgan fingerprint density at radius 2 is 2.22 bits per heavy atom. The van der Waals surface area contributed by atoms with Gasteiger partial charge in [0, 0.05) is 23.0 Å². The molecule has 1 saturated heterocycles. The molecule has 0 aliphatic carbocycles. The van der Waals surface area contributed by atoms with Crippen molar-refractivity contribution in [3.05, 3.63) is 41.1 Å². The summed E-state index contributed by atoms with van der Waals surface area (Å²) in [5, 5.41) is 4.33. The van der Waals surface area contributed by atoms with Crippen LogP contribution in [0, 0.1) is 16.6 Å². The molecule has 0 radical (unpaired) electrons. The maximum absolute atomic E-state index is 13.3. The summed E-state index contributed by atoms with van der Waals surface area (Å²) in [6.07, 6.45) is 0.678. The zero-order valence-corrected chi connectivity index (χ0v) is 12.9. The highest BCUT2D eigenvalue weighted by Gasteiger charge is 2.43. The third-order valence-corrected chi connectivity index (χ3v) is 5.36. The molecule has 4 rings (SSSR count). The zero-order chi connectivity index (χ0) is 16.0. The molecular weight excluding hydrogens is 319 g/mol. The quantitative estimate of drug-likeness (QED) is 0.859. The number of nitrogens with one attached hydrogen (secondary N) is 1. The molecule has 2 aliphatic rings. The summed E-state index contributed by atoms with van der Waals surface area (Å²) in [6.45, 7) is 0.977. The minimum absolute atomic E-state index is 0.163. The fourth-order valence-corrected chi connectivity index (χ4v) is 4.11. The molecule has 0 aromatic heterocycles. The predicted molar refractivity (Wildman–Crippen MR) is 83.9 cm³/mol. The molecular formula is C16H14FN2O3S+. The third-order valence-electron chi connectivity index (χ3n) is 4.16. The highest BCUT2D eigenvalue weighted by atomic mass is 32.2. The average Bonchev–Trinajstić information content (AvgIpc) is 3.16. The molecule has 1 N–H and O–H groups in total. The Morgan fingerprint density at radius 1 is 1.35 bits per heavy atom. The van der Waals surface area contributed by atoms with Crippen LogP contribution >= 0.6 is 11.8 Å². The molecule has 23 heavy (non-hydrogen) atoms. The molecule has 1 unspecified atom stereocenters. The van der Waals surface area contributed by atoms with Gasteiger partial charge in [-0.3, -0.25) is 10.1 Å². The van der Waals surface area contributed by atoms with Gasteiger partial charge >= 0.3 is 5.50 Å². The number of ether oxygens (including phenoxy) is 1. The number of thioether (sulfide) groups is 1. The van der Waals surface area contributed by atoms with Crippen LogP contribution in [0.15, 0.2) is 35.2 Å². The van der Waals surface area contributed by atoms with Crippen molar-refractivity contribution in [3.8, 4) is 0 Å². The lowest BCUT2D eigenvalue weighted by atomic mass is 10.1. The highest BCUT2D eigenvalue weighted by molar-refractivity contribution is 8.00. The Morgan fingerprint density at radius 3 is 3.00 bits per heavy atom. The first kappa shape index (κ1) is 14.6. The third kappa shape index (κ3) is 2.49. The molecule has 2 atom stereocenters. The van der Waals surface area contributed by atoms with E-state index in [0.29, 0.717) is 25.3 Å². The van der Waals surface area contributed by atoms with Crippen molar-refractivity contribution >= 4 is 34.1 Å². The van der Waals surface area contributed by atoms with Crippen molar-refractivity contribution in [1.29, 1.82) is 0 Å². The number of hydrogen-bond acceptors (Lipinski definition) is 4. The first-order valence-corrected chi connectivity index (χ1v) is 8.25. The van der Waals surface area contributed by atoms with Gasteiger partial charge in [-0.1, -0.05) is 6.07 Å². The summed E-state index contributed by atoms with van der Waals surface area (Å²) in [7, 11) is 0. The number of nitrogens with zero attached hydrogens (tertiary/aromatic N) is 1. The number of rotatable bonds is 2. The number of carbonyl (C=O) groups excluding carboxylic acids is 1. The standard InChI is InChI=1S/C16H13FN2O3S/c17-11-2-3-12-9(7-11)1-4-13-14(12)23-16(19(13)21)18-15(20)10-5-6-22-8-10/h1-4,7,10,16H,5-6,8H2/p+1/t10-,16?/m0/s1. The maximum atomic E-state index is 13.3. The lowest BCUT2D eigenvalue weighted by molar-refractivity contribution is -0.480. The van der Waals surface area contributed by atoms with Gasteiger partial charge in [0.05, 0.1) is 22.2 Å². The number of carbonyl (C=O) groups is 1. The van der Waals surface area contributed by atoms with Crippen LogP contribution in [0.2, 0.25) is 0 Å². The molecule has 0 saturated carbocycles. The second kappa shape index (κ2) is 5.58. The fraction of sp³-hybridized carbons (Fsp3) is 0.312. The van der Waals surface area contributed by atoms with Crippen molar-refractivity contribution in [2.45, 2.75) is 16.8 Å². The van der Waals surface area contributed by atoms with Gasteiger partial charge in [-0.25, -0.2) is 4.39 Å². The van der Waals surface area contributed by atoms with Gasteiger partial charge in [-0.05, 0) is 41.8 Å². The zero-order valence-electron chi connectivity index (χ0n) is 12.1. The molecule has 0 bridgehead atoms. The first-order valence-electron chi connectivity index (χ1n) is 7.37. The summed E-state index contributed by atoms with van der Waals surface area (Å²) in [4.78, 5) is 25.4. The van der Waals surface area contributed by atoms with E-state index in [0.717, 1.165) is 20.4 Å². The average molecular weight is 333 g/mol. The van der Waals surface area contributed by atoms with E-state index in [1.807, 2.05) is 0 Å². The van der Waals surface area contributed by atoms with Crippen LogP contribution in [0.3, 0.4) is 0 Å². The van der Waals surface area contributed by atoms with E-state index in [1.165, 1.54) is 23.9 Å². The number of benzene rings is 2. The van der Waals surface area contributed by atoms with E-state index in [2.05, 4.69) is 5.32 Å². The van der Waals surface area contributed by atoms with Gasteiger partial charge in [-0.2, -0.15) is 0 Å². The molecule has 2 heterocycles. The second-order valence-electron chi connectivity index (χ2n) is 5.64. The Balaban J connectivity index is 1.62. The minimum atomic E-state index is -0.700. The Kier molecular flexibility index (Phi) is 3.54. The van der Waals surface area contributed by atoms with Crippen LogP contribution in [0.5, 0.6) is 0 Å². The molecule has 7 heteroatoms. The summed E-state index contributed by atoms with van der Waals surface area (Å²) in [5.41, 5.74) is -0.198. The SMILES string of the molecule is O=C(NC1Sc2c(ccc3cc(F)ccc23)[N+]1=O)[C@H]1CCOC1. The fourth-order valence-electron chi connectivity index (χ4n) is 2.91. The van der Waals surface area contributed by atoms with Crippen LogP contribution < -0.4 is 5.32 Å². The molecule has 2 aliphatic heterocycles. The Hall–Kier alpha value is -1.99. The van der Waals surface area contributed by atoms with Crippen molar-refractivity contribution in [2.75, 3.05) is 13.2 Å². The van der Waals surface area contributed by atoms with Crippen LogP contribution in [0.4, 0.5) is 10.1 Å². The van der Waals surface area contributed by atoms with E-state index < -0.39 is 5.50 Å². The van der Waals surface area contributed by atoms with E-state index >= 15 is 0 Å². The van der Waals surface area contributed by atoms with Crippen molar-refractivity contribution in [2.24, 2.45) is 5.92 Å². The molecule has 2 aromatic rings. The van der Waals surface area contributed by atoms with E-state index in [4.69, 9.17) is 4.74 Å². The largest absolute Gasteiger partial charge is 0.381 e. The van der Waals surface area contributed by atoms with E-state index in [1.54, 1.807) is 18.2 Å². The maximum Gasteiger partial charge on any atom is 0.335 e. The van der Waals surface area contributed by atoms with Crippen LogP contribution in [0.1, 0.15) is 6.42 Å². The second-order valence-corrected chi connectivity index (χ2v) is 6.73. The summed E-state index contributed by atoms with van der Waals surface area (Å²) in [6, 6.07) is 7.87. The summed E-state index contributed by atoms with van der Waals surface area (Å²) >= 11 is 1.28. The van der Waals surface area contributed by atoms with Crippen LogP contribution in [0.25, 0.3) is 10.8 Å². The minimum Gasteiger partial charge on any atom is -0.381 e. The normalized spacial score (nSPS) is 23.3. The molecule has 118 valence electrons. The van der Waals surface area contributed by atoms with Crippen LogP contribution in [-0.4, -0.2) is 29.4 Å². The van der Waals surface area contributed by atoms with E-state index in [9.17, 15) is 14.1 Å². The first-order chi connectivity index (χ1) is 11.1. The topological polar surface area (TPSA) is 58.4 Å². The summed E-state index contributed by atoms with van der Waals surface area (Å²) < 4.78 is 19.3. The number of fused-ring (bicyclic) bond motifs is 3. The molecule has 5 nitrogen and oxygen atoms in total. The molecule has 0 spiro atoms. The lowest BCUT2D eigenvalue weighted by Gasteiger charge is -2.08. The van der Waals surface area contributed by atoms with Gasteiger partial charge in [0.1, 0.15) is 5.82 Å². The lowest BCUT2D eigenvalue weighted by Crippen LogP contribution is -2.40. The van der Waals surface area contributed by atoms with Crippen molar-refractivity contribution < 1.29 is 18.7 Å².